The topological polar surface area (TPSA) is 106 Å². The highest BCUT2D eigenvalue weighted by Gasteiger charge is 2.37. The van der Waals surface area contributed by atoms with Crippen molar-refractivity contribution in [2.75, 3.05) is 6.61 Å². The molecule has 120 valence electrons. The van der Waals surface area contributed by atoms with E-state index in [1.54, 1.807) is 39.0 Å². The van der Waals surface area contributed by atoms with E-state index in [1.165, 1.54) is 0 Å². The summed E-state index contributed by atoms with van der Waals surface area (Å²) in [6, 6.07) is 7.09. The van der Waals surface area contributed by atoms with E-state index >= 15 is 0 Å². The molecule has 0 aliphatic carbocycles. The van der Waals surface area contributed by atoms with E-state index in [0.29, 0.717) is 11.1 Å². The lowest BCUT2D eigenvalue weighted by Crippen LogP contribution is -2.25. The maximum absolute atomic E-state index is 12.3. The first-order chi connectivity index (χ1) is 10.9. The molecule has 1 unspecified atom stereocenters. The van der Waals surface area contributed by atoms with Crippen molar-refractivity contribution >= 4 is 5.97 Å². The van der Waals surface area contributed by atoms with Crippen LogP contribution < -0.4 is 5.73 Å². The number of carbonyl (C=O) groups excluding carboxylic acids is 1. The van der Waals surface area contributed by atoms with Gasteiger partial charge in [0.15, 0.2) is 0 Å². The molecular formula is C17H18N2O4. The molecule has 1 aliphatic rings. The first kappa shape index (κ1) is 16.4. The van der Waals surface area contributed by atoms with Crippen molar-refractivity contribution in [2.45, 2.75) is 26.7 Å². The number of hydrogen-bond acceptors (Lipinski definition) is 6. The molecule has 1 aliphatic heterocycles. The molecule has 3 N–H and O–H groups in total. The van der Waals surface area contributed by atoms with Crippen molar-refractivity contribution < 1.29 is 19.4 Å². The maximum atomic E-state index is 12.3. The molecule has 0 radical (unpaired) electrons. The van der Waals surface area contributed by atoms with E-state index in [0.717, 1.165) is 0 Å². The number of allylic oxidation sites excluding steroid dienone is 2. The lowest BCUT2D eigenvalue weighted by molar-refractivity contribution is -0.139. The second-order valence-corrected chi connectivity index (χ2v) is 5.13. The van der Waals surface area contributed by atoms with Gasteiger partial charge >= 0.3 is 5.97 Å². The van der Waals surface area contributed by atoms with Crippen molar-refractivity contribution in [3.63, 3.8) is 0 Å². The summed E-state index contributed by atoms with van der Waals surface area (Å²) in [7, 11) is 0. The molecule has 6 nitrogen and oxygen atoms in total. The molecule has 1 aromatic rings. The van der Waals surface area contributed by atoms with Crippen LogP contribution in [0, 0.1) is 18.3 Å². The first-order valence-corrected chi connectivity index (χ1v) is 7.16. The smallest absolute Gasteiger partial charge is 0.338 e. The molecule has 0 bridgehead atoms. The summed E-state index contributed by atoms with van der Waals surface area (Å²) in [6.45, 7) is 5.18. The molecule has 0 fully saturated rings. The molecule has 1 heterocycles. The Morgan fingerprint density at radius 2 is 2.17 bits per heavy atom. The zero-order chi connectivity index (χ0) is 17.1. The highest BCUT2D eigenvalue weighted by molar-refractivity contribution is 5.92. The number of carbonyl (C=O) groups is 1. The van der Waals surface area contributed by atoms with Gasteiger partial charge in [-0.05, 0) is 26.3 Å². The van der Waals surface area contributed by atoms with Crippen LogP contribution in [0.5, 0.6) is 5.75 Å². The number of phenolic OH excluding ortho intramolecular Hbond substituents is 1. The Kier molecular flexibility index (Phi) is 4.60. The minimum atomic E-state index is -0.826. The van der Waals surface area contributed by atoms with E-state index in [1.807, 2.05) is 6.07 Å². The number of benzene rings is 1. The number of nitrogens with two attached hydrogens (primary N) is 1. The molecule has 0 aromatic heterocycles. The predicted molar refractivity (Wildman–Crippen MR) is 82.8 cm³/mol. The number of hydrogen-bond donors (Lipinski definition) is 2. The molecule has 23 heavy (non-hydrogen) atoms. The van der Waals surface area contributed by atoms with Gasteiger partial charge in [0.1, 0.15) is 23.2 Å². The summed E-state index contributed by atoms with van der Waals surface area (Å²) in [6.07, 6.45) is 0. The molecule has 1 atom stereocenters. The Bertz CT molecular complexity index is 756. The van der Waals surface area contributed by atoms with Gasteiger partial charge in [-0.15, -0.1) is 0 Å². The van der Waals surface area contributed by atoms with Gasteiger partial charge in [0.05, 0.1) is 18.1 Å². The number of aryl methyl sites for hydroxylation is 1. The Morgan fingerprint density at radius 1 is 1.48 bits per heavy atom. The van der Waals surface area contributed by atoms with Crippen molar-refractivity contribution in [2.24, 2.45) is 5.73 Å². The molecule has 0 saturated carbocycles. The number of phenols is 1. The number of nitrogens with zero attached hydrogens (tertiary/aromatic N) is 1. The lowest BCUT2D eigenvalue weighted by atomic mass is 9.82. The lowest BCUT2D eigenvalue weighted by Gasteiger charge is -2.27. The maximum Gasteiger partial charge on any atom is 0.338 e. The third-order valence-electron chi connectivity index (χ3n) is 3.68. The second-order valence-electron chi connectivity index (χ2n) is 5.13. The molecule has 0 saturated heterocycles. The number of esters is 1. The Labute approximate surface area is 134 Å². The Morgan fingerprint density at radius 3 is 2.78 bits per heavy atom. The first-order valence-electron chi connectivity index (χ1n) is 7.16. The zero-order valence-corrected chi connectivity index (χ0v) is 13.2. The highest BCUT2D eigenvalue weighted by Crippen LogP contribution is 2.43. The van der Waals surface area contributed by atoms with Crippen LogP contribution >= 0.6 is 0 Å². The third kappa shape index (κ3) is 2.86. The fourth-order valence-corrected chi connectivity index (χ4v) is 2.58. The van der Waals surface area contributed by atoms with E-state index < -0.39 is 11.9 Å². The van der Waals surface area contributed by atoms with Crippen molar-refractivity contribution in [1.82, 2.24) is 0 Å². The highest BCUT2D eigenvalue weighted by atomic mass is 16.5. The summed E-state index contributed by atoms with van der Waals surface area (Å²) in [4.78, 5) is 12.3. The predicted octanol–water partition coefficient (Wildman–Crippen LogP) is 2.35. The Hall–Kier alpha value is -2.94. The summed E-state index contributed by atoms with van der Waals surface area (Å²) < 4.78 is 10.4. The monoisotopic (exact) mass is 314 g/mol. The van der Waals surface area contributed by atoms with Gasteiger partial charge in [-0.1, -0.05) is 18.2 Å². The Balaban J connectivity index is 2.69. The van der Waals surface area contributed by atoms with Gasteiger partial charge in [-0.2, -0.15) is 5.26 Å². The second kappa shape index (κ2) is 6.44. The van der Waals surface area contributed by atoms with Crippen LogP contribution in [0.25, 0.3) is 0 Å². The fraction of sp³-hybridized carbons (Fsp3) is 0.294. The number of ether oxygens (including phenoxy) is 2. The van der Waals surface area contributed by atoms with Crippen molar-refractivity contribution in [1.29, 1.82) is 5.26 Å². The van der Waals surface area contributed by atoms with Gasteiger partial charge in [0, 0.05) is 5.56 Å². The van der Waals surface area contributed by atoms with E-state index in [4.69, 9.17) is 15.2 Å². The fourth-order valence-electron chi connectivity index (χ4n) is 2.58. The SMILES string of the molecule is CCOC(=O)C1=C(C)OC(N)=C(C#N)C1c1cccc(C)c1O. The quantitative estimate of drug-likeness (QED) is 0.830. The van der Waals surface area contributed by atoms with Gasteiger partial charge in [0.2, 0.25) is 5.88 Å². The van der Waals surface area contributed by atoms with Gasteiger partial charge in [-0.25, -0.2) is 4.79 Å². The van der Waals surface area contributed by atoms with Crippen LogP contribution in [0.4, 0.5) is 0 Å². The van der Waals surface area contributed by atoms with Crippen LogP contribution in [0.15, 0.2) is 41.0 Å². The third-order valence-corrected chi connectivity index (χ3v) is 3.68. The van der Waals surface area contributed by atoms with Gasteiger partial charge < -0.3 is 20.3 Å². The van der Waals surface area contributed by atoms with E-state index in [9.17, 15) is 15.2 Å². The van der Waals surface area contributed by atoms with Crippen LogP contribution in [-0.4, -0.2) is 17.7 Å². The minimum absolute atomic E-state index is 0.00884. The van der Waals surface area contributed by atoms with Crippen LogP contribution in [-0.2, 0) is 14.3 Å². The summed E-state index contributed by atoms with van der Waals surface area (Å²) in [5.41, 5.74) is 7.08. The number of rotatable bonds is 3. The van der Waals surface area contributed by atoms with Gasteiger partial charge in [0.25, 0.3) is 0 Å². The van der Waals surface area contributed by atoms with Crippen molar-refractivity contribution in [3.05, 3.63) is 52.1 Å². The average Bonchev–Trinajstić information content (AvgIpc) is 2.49. The summed E-state index contributed by atoms with van der Waals surface area (Å²) in [5, 5.41) is 19.8. The number of para-hydroxylation sites is 1. The zero-order valence-electron chi connectivity index (χ0n) is 13.2. The normalized spacial score (nSPS) is 17.6. The molecule has 6 heteroatoms. The van der Waals surface area contributed by atoms with Crippen LogP contribution in [0.3, 0.4) is 0 Å². The van der Waals surface area contributed by atoms with E-state index in [2.05, 4.69) is 0 Å². The standard InChI is InChI=1S/C17H18N2O4/c1-4-22-17(21)13-10(3)23-16(19)12(8-18)14(13)11-7-5-6-9(2)15(11)20/h5-7,14,20H,4,19H2,1-3H3. The van der Waals surface area contributed by atoms with Crippen molar-refractivity contribution in [3.8, 4) is 11.8 Å². The molecule has 2 rings (SSSR count). The van der Waals surface area contributed by atoms with Crippen LogP contribution in [0.2, 0.25) is 0 Å². The van der Waals surface area contributed by atoms with E-state index in [-0.39, 0.29) is 35.1 Å². The number of nitriles is 1. The molecule has 0 spiro atoms. The van der Waals surface area contributed by atoms with Crippen LogP contribution in [0.1, 0.15) is 30.9 Å². The summed E-state index contributed by atoms with van der Waals surface area (Å²) in [5.74, 6) is -1.24. The molecule has 1 aromatic carbocycles. The summed E-state index contributed by atoms with van der Waals surface area (Å²) >= 11 is 0. The molecule has 0 amide bonds. The molecular weight excluding hydrogens is 296 g/mol. The number of aromatic hydroxyl groups is 1. The van der Waals surface area contributed by atoms with Gasteiger partial charge in [-0.3, -0.25) is 0 Å². The average molecular weight is 314 g/mol. The minimum Gasteiger partial charge on any atom is -0.507 e. The largest absolute Gasteiger partial charge is 0.507 e.